The minimum Gasteiger partial charge on any atom is -0.467 e. The summed E-state index contributed by atoms with van der Waals surface area (Å²) in [6.07, 6.45) is -0.420. The maximum absolute atomic E-state index is 12.0. The monoisotopic (exact) mass is 332 g/mol. The van der Waals surface area contributed by atoms with Gasteiger partial charge in [0.25, 0.3) is 0 Å². The number of ether oxygens (including phenoxy) is 2. The zero-order chi connectivity index (χ0) is 18.5. The summed E-state index contributed by atoms with van der Waals surface area (Å²) in [4.78, 5) is 24.0. The zero-order valence-corrected chi connectivity index (χ0v) is 15.0. The van der Waals surface area contributed by atoms with Crippen LogP contribution in [0.25, 0.3) is 0 Å². The molecule has 0 saturated heterocycles. The van der Waals surface area contributed by atoms with Gasteiger partial charge in [0, 0.05) is 6.42 Å². The average molecular weight is 332 g/mol. The van der Waals surface area contributed by atoms with Gasteiger partial charge in [-0.25, -0.2) is 9.59 Å². The molecule has 0 heterocycles. The minimum absolute atomic E-state index is 0.259. The predicted octanol–water partition coefficient (Wildman–Crippen LogP) is 2.78. The first-order valence-corrected chi connectivity index (χ1v) is 7.65. The van der Waals surface area contributed by atoms with Gasteiger partial charge in [-0.05, 0) is 63.4 Å². The molecule has 1 aromatic carbocycles. The van der Waals surface area contributed by atoms with E-state index in [0.29, 0.717) is 5.56 Å². The summed E-state index contributed by atoms with van der Waals surface area (Å²) in [5.41, 5.74) is 2.55. The van der Waals surface area contributed by atoms with Crippen molar-refractivity contribution in [1.82, 2.24) is 5.32 Å². The van der Waals surface area contributed by atoms with Crippen LogP contribution in [-0.2, 0) is 20.7 Å². The van der Waals surface area contributed by atoms with E-state index in [-0.39, 0.29) is 6.42 Å². The van der Waals surface area contributed by atoms with Crippen LogP contribution in [0.15, 0.2) is 12.1 Å². The maximum Gasteiger partial charge on any atom is 0.408 e. The van der Waals surface area contributed by atoms with Gasteiger partial charge in [-0.1, -0.05) is 0 Å². The summed E-state index contributed by atoms with van der Waals surface area (Å²) in [6.45, 7) is 8.97. The molecule has 0 bridgehead atoms. The van der Waals surface area contributed by atoms with Crippen LogP contribution in [0.5, 0.6) is 0 Å². The molecule has 1 aromatic rings. The molecule has 130 valence electrons. The molecule has 0 spiro atoms. The molecule has 24 heavy (non-hydrogen) atoms. The van der Waals surface area contributed by atoms with Crippen LogP contribution in [0.1, 0.15) is 43.0 Å². The van der Waals surface area contributed by atoms with E-state index in [9.17, 15) is 9.59 Å². The molecule has 1 unspecified atom stereocenters. The number of amides is 1. The number of rotatable bonds is 4. The van der Waals surface area contributed by atoms with Crippen molar-refractivity contribution in [1.29, 1.82) is 5.26 Å². The third-order valence-electron chi connectivity index (χ3n) is 3.41. The van der Waals surface area contributed by atoms with Gasteiger partial charge in [-0.2, -0.15) is 5.26 Å². The van der Waals surface area contributed by atoms with Crippen molar-refractivity contribution in [2.45, 2.75) is 52.7 Å². The number of nitrogens with zero attached hydrogens (tertiary/aromatic N) is 1. The van der Waals surface area contributed by atoms with Crippen LogP contribution in [0.2, 0.25) is 0 Å². The van der Waals surface area contributed by atoms with Crippen LogP contribution < -0.4 is 5.32 Å². The molecule has 0 saturated carbocycles. The summed E-state index contributed by atoms with van der Waals surface area (Å²) >= 11 is 0. The lowest BCUT2D eigenvalue weighted by Gasteiger charge is -2.23. The quantitative estimate of drug-likeness (QED) is 0.857. The van der Waals surface area contributed by atoms with E-state index < -0.39 is 23.7 Å². The van der Waals surface area contributed by atoms with Crippen molar-refractivity contribution in [2.24, 2.45) is 0 Å². The lowest BCUT2D eigenvalue weighted by molar-refractivity contribution is -0.143. The second kappa shape index (κ2) is 7.82. The Morgan fingerprint density at radius 2 is 1.79 bits per heavy atom. The van der Waals surface area contributed by atoms with Gasteiger partial charge in [0.2, 0.25) is 0 Å². The molecule has 1 N–H and O–H groups in total. The average Bonchev–Trinajstić information content (AvgIpc) is 2.46. The highest BCUT2D eigenvalue weighted by Gasteiger charge is 2.26. The molecule has 6 nitrogen and oxygen atoms in total. The summed E-state index contributed by atoms with van der Waals surface area (Å²) in [5.74, 6) is -0.552. The number of esters is 1. The number of hydrogen-bond acceptors (Lipinski definition) is 5. The van der Waals surface area contributed by atoms with E-state index in [1.54, 1.807) is 32.9 Å². The highest BCUT2D eigenvalue weighted by Crippen LogP contribution is 2.19. The van der Waals surface area contributed by atoms with Crippen LogP contribution in [0.4, 0.5) is 4.79 Å². The smallest absolute Gasteiger partial charge is 0.408 e. The number of carbonyl (C=O) groups is 2. The van der Waals surface area contributed by atoms with Gasteiger partial charge in [0.15, 0.2) is 0 Å². The molecular weight excluding hydrogens is 308 g/mol. The molecule has 0 aliphatic carbocycles. The zero-order valence-electron chi connectivity index (χ0n) is 15.0. The van der Waals surface area contributed by atoms with Gasteiger partial charge in [0.1, 0.15) is 11.6 Å². The topological polar surface area (TPSA) is 88.4 Å². The van der Waals surface area contributed by atoms with Gasteiger partial charge in [-0.3, -0.25) is 0 Å². The second-order valence-electron chi connectivity index (χ2n) is 6.63. The molecule has 0 aliphatic heterocycles. The normalized spacial score (nSPS) is 12.0. The fourth-order valence-corrected chi connectivity index (χ4v) is 2.37. The molecule has 6 heteroatoms. The largest absolute Gasteiger partial charge is 0.467 e. The van der Waals surface area contributed by atoms with Gasteiger partial charge < -0.3 is 14.8 Å². The van der Waals surface area contributed by atoms with Crippen LogP contribution in [0, 0.1) is 25.2 Å². The third kappa shape index (κ3) is 5.58. The lowest BCUT2D eigenvalue weighted by Crippen LogP contribution is -2.45. The number of methoxy groups -OCH3 is 1. The fourth-order valence-electron chi connectivity index (χ4n) is 2.37. The molecule has 1 atom stereocenters. The summed E-state index contributed by atoms with van der Waals surface area (Å²) in [5, 5.41) is 11.6. The Hall–Kier alpha value is -2.55. The first kappa shape index (κ1) is 19.5. The number of nitrogens with one attached hydrogen (secondary N) is 1. The maximum atomic E-state index is 12.0. The predicted molar refractivity (Wildman–Crippen MR) is 89.5 cm³/mol. The van der Waals surface area contributed by atoms with Crippen molar-refractivity contribution >= 4 is 12.1 Å². The Balaban J connectivity index is 3.02. The first-order valence-electron chi connectivity index (χ1n) is 7.65. The summed E-state index contributed by atoms with van der Waals surface area (Å²) in [6, 6.07) is 4.74. The Morgan fingerprint density at radius 3 is 2.21 bits per heavy atom. The third-order valence-corrected chi connectivity index (χ3v) is 3.41. The highest BCUT2D eigenvalue weighted by atomic mass is 16.6. The van der Waals surface area contributed by atoms with Crippen molar-refractivity contribution in [3.05, 3.63) is 34.4 Å². The number of benzene rings is 1. The molecule has 1 amide bonds. The minimum atomic E-state index is -0.866. The Morgan fingerprint density at radius 1 is 1.25 bits per heavy atom. The van der Waals surface area contributed by atoms with Gasteiger partial charge in [-0.15, -0.1) is 0 Å². The van der Waals surface area contributed by atoms with E-state index in [1.807, 2.05) is 13.8 Å². The fraction of sp³-hybridized carbons (Fsp3) is 0.500. The molecular formula is C18H24N2O4. The number of alkyl carbamates (subject to hydrolysis) is 1. The highest BCUT2D eigenvalue weighted by molar-refractivity contribution is 5.81. The summed E-state index contributed by atoms with van der Waals surface area (Å²) < 4.78 is 9.98. The SMILES string of the molecule is COC(=O)C(Cc1c(C)cc(C#N)cc1C)NC(=O)OC(C)(C)C. The van der Waals surface area contributed by atoms with E-state index in [2.05, 4.69) is 11.4 Å². The number of aryl methyl sites for hydroxylation is 2. The van der Waals surface area contributed by atoms with Gasteiger partial charge in [0.05, 0.1) is 18.7 Å². The molecule has 1 rings (SSSR count). The second-order valence-corrected chi connectivity index (χ2v) is 6.63. The van der Waals surface area contributed by atoms with E-state index >= 15 is 0 Å². The lowest BCUT2D eigenvalue weighted by atomic mass is 9.94. The van der Waals surface area contributed by atoms with Crippen molar-refractivity contribution in [2.75, 3.05) is 7.11 Å². The Labute approximate surface area is 142 Å². The molecule has 0 aromatic heterocycles. The van der Waals surface area contributed by atoms with Crippen molar-refractivity contribution in [3.8, 4) is 6.07 Å². The Kier molecular flexibility index (Phi) is 6.35. The van der Waals surface area contributed by atoms with Crippen LogP contribution in [-0.4, -0.2) is 30.8 Å². The van der Waals surface area contributed by atoms with Gasteiger partial charge >= 0.3 is 12.1 Å². The summed E-state index contributed by atoms with van der Waals surface area (Å²) in [7, 11) is 1.27. The molecule has 0 fully saturated rings. The van der Waals surface area contributed by atoms with E-state index in [1.165, 1.54) is 7.11 Å². The van der Waals surface area contributed by atoms with Crippen molar-refractivity contribution in [3.63, 3.8) is 0 Å². The van der Waals surface area contributed by atoms with E-state index in [0.717, 1.165) is 16.7 Å². The number of hydrogen-bond donors (Lipinski definition) is 1. The number of carbonyl (C=O) groups excluding carboxylic acids is 2. The van der Waals surface area contributed by atoms with Crippen LogP contribution in [0.3, 0.4) is 0 Å². The molecule has 0 aliphatic rings. The van der Waals surface area contributed by atoms with Crippen LogP contribution >= 0.6 is 0 Å². The Bertz CT molecular complexity index is 646. The van der Waals surface area contributed by atoms with E-state index in [4.69, 9.17) is 14.7 Å². The standard InChI is InChI=1S/C18H24N2O4/c1-11-7-13(10-19)8-12(2)14(11)9-15(16(21)23-6)20-17(22)24-18(3,4)5/h7-8,15H,9H2,1-6H3,(H,20,22). The van der Waals surface area contributed by atoms with Crippen molar-refractivity contribution < 1.29 is 19.1 Å². The molecule has 0 radical (unpaired) electrons. The first-order chi connectivity index (χ1) is 11.1. The number of nitriles is 1.